The van der Waals surface area contributed by atoms with Gasteiger partial charge in [0.05, 0.1) is 0 Å². The highest BCUT2D eigenvalue weighted by atomic mass is 14.9. The number of pyridine rings is 1. The molecular weight excluding hydrogens is 146 g/mol. The van der Waals surface area contributed by atoms with Gasteiger partial charge in [0.25, 0.3) is 0 Å². The number of rotatable bonds is 0. The van der Waals surface area contributed by atoms with Crippen molar-refractivity contribution in [2.24, 2.45) is 7.05 Å². The van der Waals surface area contributed by atoms with Crippen LogP contribution in [0.5, 0.6) is 0 Å². The third kappa shape index (κ3) is 1.24. The van der Waals surface area contributed by atoms with Gasteiger partial charge in [-0.05, 0) is 30.7 Å². The first-order chi connectivity index (χ1) is 5.77. The Morgan fingerprint density at radius 1 is 1.50 bits per heavy atom. The first kappa shape index (κ1) is 7.78. The van der Waals surface area contributed by atoms with E-state index in [9.17, 15) is 0 Å². The Balaban J connectivity index is 2.46. The van der Waals surface area contributed by atoms with Gasteiger partial charge >= 0.3 is 0 Å². The summed E-state index contributed by atoms with van der Waals surface area (Å²) in [6, 6.07) is 2.28. The lowest BCUT2D eigenvalue weighted by Crippen LogP contribution is -2.28. The third-order valence-corrected chi connectivity index (χ3v) is 2.83. The average molecular weight is 162 g/mol. The average Bonchev–Trinajstić information content (AvgIpc) is 2.04. The minimum atomic E-state index is 0.773. The van der Waals surface area contributed by atoms with E-state index in [0.29, 0.717) is 0 Å². The van der Waals surface area contributed by atoms with Crippen molar-refractivity contribution in [3.8, 4) is 0 Å². The van der Waals surface area contributed by atoms with Gasteiger partial charge in [0, 0.05) is 11.6 Å². The lowest BCUT2D eigenvalue weighted by atomic mass is 9.85. The fourth-order valence-electron chi connectivity index (χ4n) is 2.11. The molecule has 1 aromatic rings. The topological polar surface area (TPSA) is 3.88 Å². The number of aryl methyl sites for hydroxylation is 2. The quantitative estimate of drug-likeness (QED) is 0.513. The minimum absolute atomic E-state index is 0.773. The summed E-state index contributed by atoms with van der Waals surface area (Å²) < 4.78 is 2.15. The zero-order valence-electron chi connectivity index (χ0n) is 7.88. The van der Waals surface area contributed by atoms with Crippen LogP contribution in [0.3, 0.4) is 0 Å². The zero-order chi connectivity index (χ0) is 8.55. The Kier molecular flexibility index (Phi) is 1.87. The maximum absolute atomic E-state index is 2.33. The Labute approximate surface area is 74.0 Å². The van der Waals surface area contributed by atoms with Crippen molar-refractivity contribution < 1.29 is 4.57 Å². The molecule has 1 unspecified atom stereocenters. The largest absolute Gasteiger partial charge is 0.208 e. The SMILES string of the molecule is CC1CCCc2c[n+](C)ccc21. The van der Waals surface area contributed by atoms with E-state index < -0.39 is 0 Å². The minimum Gasteiger partial charge on any atom is -0.208 e. The van der Waals surface area contributed by atoms with Crippen molar-refractivity contribution in [2.45, 2.75) is 32.1 Å². The van der Waals surface area contributed by atoms with Gasteiger partial charge in [-0.15, -0.1) is 0 Å². The van der Waals surface area contributed by atoms with E-state index in [1.165, 1.54) is 19.3 Å². The maximum Gasteiger partial charge on any atom is 0.171 e. The molecule has 0 saturated carbocycles. The smallest absolute Gasteiger partial charge is 0.171 e. The van der Waals surface area contributed by atoms with Crippen molar-refractivity contribution in [3.63, 3.8) is 0 Å². The molecule has 0 spiro atoms. The molecule has 1 aliphatic rings. The molecule has 0 amide bonds. The molecule has 2 rings (SSSR count). The highest BCUT2D eigenvalue weighted by molar-refractivity contribution is 5.27. The summed E-state index contributed by atoms with van der Waals surface area (Å²) in [5.74, 6) is 0.773. The van der Waals surface area contributed by atoms with Crippen LogP contribution in [0.25, 0.3) is 0 Å². The van der Waals surface area contributed by atoms with Crippen LogP contribution in [0, 0.1) is 0 Å². The predicted octanol–water partition coefficient (Wildman–Crippen LogP) is 1.95. The summed E-state index contributed by atoms with van der Waals surface area (Å²) in [6.07, 6.45) is 8.42. The van der Waals surface area contributed by atoms with E-state index in [-0.39, 0.29) is 0 Å². The van der Waals surface area contributed by atoms with Gasteiger partial charge in [-0.25, -0.2) is 4.57 Å². The van der Waals surface area contributed by atoms with Gasteiger partial charge in [0.2, 0.25) is 0 Å². The predicted molar refractivity (Wildman–Crippen MR) is 49.0 cm³/mol. The van der Waals surface area contributed by atoms with Crippen molar-refractivity contribution in [2.75, 3.05) is 0 Å². The second-order valence-corrected chi connectivity index (χ2v) is 3.88. The van der Waals surface area contributed by atoms with E-state index in [0.717, 1.165) is 5.92 Å². The number of fused-ring (bicyclic) bond motifs is 1. The van der Waals surface area contributed by atoms with Gasteiger partial charge in [0.15, 0.2) is 12.4 Å². The standard InChI is InChI=1S/C11H16N/c1-9-4-3-5-10-8-12(2)7-6-11(9)10/h6-9H,3-5H2,1-2H3/q+1. The summed E-state index contributed by atoms with van der Waals surface area (Å²) >= 11 is 0. The molecule has 1 heterocycles. The molecule has 1 aromatic heterocycles. The lowest BCUT2D eigenvalue weighted by Gasteiger charge is -2.19. The van der Waals surface area contributed by atoms with Gasteiger partial charge in [-0.1, -0.05) is 6.92 Å². The summed E-state index contributed by atoms with van der Waals surface area (Å²) in [4.78, 5) is 0. The summed E-state index contributed by atoms with van der Waals surface area (Å²) in [5.41, 5.74) is 3.12. The molecule has 0 aliphatic heterocycles. The van der Waals surface area contributed by atoms with E-state index in [1.54, 1.807) is 11.1 Å². The van der Waals surface area contributed by atoms with E-state index in [1.807, 2.05) is 0 Å². The summed E-state index contributed by atoms with van der Waals surface area (Å²) in [6.45, 7) is 2.33. The van der Waals surface area contributed by atoms with Crippen LogP contribution in [0.15, 0.2) is 18.5 Å². The number of hydrogen-bond donors (Lipinski definition) is 0. The van der Waals surface area contributed by atoms with Gasteiger partial charge in [0.1, 0.15) is 7.05 Å². The van der Waals surface area contributed by atoms with Gasteiger partial charge < -0.3 is 0 Å². The molecule has 1 atom stereocenters. The van der Waals surface area contributed by atoms with Crippen LogP contribution in [0.1, 0.15) is 36.8 Å². The molecule has 0 aromatic carbocycles. The van der Waals surface area contributed by atoms with Crippen LogP contribution in [0.4, 0.5) is 0 Å². The normalized spacial score (nSPS) is 22.0. The van der Waals surface area contributed by atoms with Crippen LogP contribution >= 0.6 is 0 Å². The van der Waals surface area contributed by atoms with Crippen molar-refractivity contribution in [3.05, 3.63) is 29.6 Å². The van der Waals surface area contributed by atoms with Crippen molar-refractivity contribution in [1.29, 1.82) is 0 Å². The van der Waals surface area contributed by atoms with E-state index >= 15 is 0 Å². The van der Waals surface area contributed by atoms with Crippen LogP contribution in [0.2, 0.25) is 0 Å². The monoisotopic (exact) mass is 162 g/mol. The Morgan fingerprint density at radius 2 is 2.33 bits per heavy atom. The van der Waals surface area contributed by atoms with Crippen LogP contribution in [-0.2, 0) is 13.5 Å². The first-order valence-corrected chi connectivity index (χ1v) is 4.75. The Hall–Kier alpha value is -0.850. The Morgan fingerprint density at radius 3 is 3.17 bits per heavy atom. The molecule has 0 saturated heterocycles. The third-order valence-electron chi connectivity index (χ3n) is 2.83. The van der Waals surface area contributed by atoms with Gasteiger partial charge in [-0.2, -0.15) is 0 Å². The fraction of sp³-hybridized carbons (Fsp3) is 0.545. The van der Waals surface area contributed by atoms with Gasteiger partial charge in [-0.3, -0.25) is 0 Å². The zero-order valence-corrected chi connectivity index (χ0v) is 7.88. The van der Waals surface area contributed by atoms with E-state index in [4.69, 9.17) is 0 Å². The molecule has 64 valence electrons. The first-order valence-electron chi connectivity index (χ1n) is 4.75. The highest BCUT2D eigenvalue weighted by Gasteiger charge is 2.17. The van der Waals surface area contributed by atoms with E-state index in [2.05, 4.69) is 37.0 Å². The number of nitrogens with zero attached hydrogens (tertiary/aromatic N) is 1. The maximum atomic E-state index is 2.33. The van der Waals surface area contributed by atoms with Crippen molar-refractivity contribution >= 4 is 0 Å². The van der Waals surface area contributed by atoms with Crippen molar-refractivity contribution in [1.82, 2.24) is 0 Å². The van der Waals surface area contributed by atoms with Crippen LogP contribution in [-0.4, -0.2) is 0 Å². The highest BCUT2D eigenvalue weighted by Crippen LogP contribution is 2.29. The molecule has 0 N–H and O–H groups in total. The Bertz CT molecular complexity index is 291. The summed E-state index contributed by atoms with van der Waals surface area (Å²) in [5, 5.41) is 0. The molecule has 1 aliphatic carbocycles. The lowest BCUT2D eigenvalue weighted by molar-refractivity contribution is -0.672. The number of hydrogen-bond acceptors (Lipinski definition) is 0. The fourth-order valence-corrected chi connectivity index (χ4v) is 2.11. The molecule has 0 fully saturated rings. The summed E-state index contributed by atoms with van der Waals surface area (Å²) in [7, 11) is 2.10. The molecule has 0 bridgehead atoms. The molecule has 12 heavy (non-hydrogen) atoms. The second-order valence-electron chi connectivity index (χ2n) is 3.88. The molecule has 1 nitrogen and oxygen atoms in total. The molecule has 0 radical (unpaired) electrons. The molecular formula is C11H16N+. The number of aromatic nitrogens is 1. The van der Waals surface area contributed by atoms with Crippen LogP contribution < -0.4 is 4.57 Å². The second kappa shape index (κ2) is 2.89. The molecule has 1 heteroatoms.